The standard InChI is InChI=1S/C17H22N/c1-2-3-4-6-10-16-11-9-14-18(15-16)17-12-7-5-8-13-17/h5,7-9,11-15H,2-4,6,10H2,1H3/q+1. The molecule has 0 fully saturated rings. The zero-order valence-corrected chi connectivity index (χ0v) is 11.2. The van der Waals surface area contributed by atoms with Crippen LogP contribution in [-0.2, 0) is 6.42 Å². The molecule has 1 nitrogen and oxygen atoms in total. The second-order valence-corrected chi connectivity index (χ2v) is 4.77. The minimum Gasteiger partial charge on any atom is -0.167 e. The summed E-state index contributed by atoms with van der Waals surface area (Å²) in [5.41, 5.74) is 2.66. The lowest BCUT2D eigenvalue weighted by Gasteiger charge is -2.01. The van der Waals surface area contributed by atoms with E-state index in [2.05, 4.69) is 66.3 Å². The monoisotopic (exact) mass is 240 g/mol. The molecule has 0 saturated carbocycles. The van der Waals surface area contributed by atoms with E-state index in [9.17, 15) is 0 Å². The van der Waals surface area contributed by atoms with E-state index in [0.717, 1.165) is 0 Å². The number of aromatic nitrogens is 1. The Bertz CT molecular complexity index is 462. The van der Waals surface area contributed by atoms with Gasteiger partial charge in [-0.15, -0.1) is 0 Å². The summed E-state index contributed by atoms with van der Waals surface area (Å²) < 4.78 is 2.20. The van der Waals surface area contributed by atoms with Gasteiger partial charge in [0, 0.05) is 23.8 Å². The summed E-state index contributed by atoms with van der Waals surface area (Å²) in [7, 11) is 0. The Hall–Kier alpha value is -1.63. The van der Waals surface area contributed by atoms with Crippen LogP contribution in [0.4, 0.5) is 0 Å². The normalized spacial score (nSPS) is 10.5. The molecule has 0 radical (unpaired) electrons. The second kappa shape index (κ2) is 6.95. The van der Waals surface area contributed by atoms with Crippen LogP contribution in [0, 0.1) is 0 Å². The van der Waals surface area contributed by atoms with Gasteiger partial charge in [0.25, 0.3) is 0 Å². The van der Waals surface area contributed by atoms with E-state index in [-0.39, 0.29) is 0 Å². The first-order chi connectivity index (χ1) is 8.90. The molecule has 1 heterocycles. The van der Waals surface area contributed by atoms with Gasteiger partial charge >= 0.3 is 0 Å². The Kier molecular flexibility index (Phi) is 4.95. The van der Waals surface area contributed by atoms with Gasteiger partial charge in [-0.2, -0.15) is 4.57 Å². The lowest BCUT2D eigenvalue weighted by molar-refractivity contribution is -0.596. The fraction of sp³-hybridized carbons (Fsp3) is 0.353. The summed E-state index contributed by atoms with van der Waals surface area (Å²) in [6, 6.07) is 14.9. The molecule has 18 heavy (non-hydrogen) atoms. The summed E-state index contributed by atoms with van der Waals surface area (Å²) >= 11 is 0. The van der Waals surface area contributed by atoms with E-state index in [4.69, 9.17) is 0 Å². The second-order valence-electron chi connectivity index (χ2n) is 4.77. The van der Waals surface area contributed by atoms with Crippen molar-refractivity contribution in [2.24, 2.45) is 0 Å². The fourth-order valence-corrected chi connectivity index (χ4v) is 2.19. The first-order valence-electron chi connectivity index (χ1n) is 6.96. The van der Waals surface area contributed by atoms with Crippen LogP contribution in [0.15, 0.2) is 54.9 Å². The van der Waals surface area contributed by atoms with Crippen molar-refractivity contribution in [3.8, 4) is 5.69 Å². The number of unbranched alkanes of at least 4 members (excludes halogenated alkanes) is 3. The number of aryl methyl sites for hydroxylation is 1. The topological polar surface area (TPSA) is 3.88 Å². The van der Waals surface area contributed by atoms with Crippen LogP contribution in [-0.4, -0.2) is 0 Å². The first kappa shape index (κ1) is 12.8. The molecular weight excluding hydrogens is 218 g/mol. The average Bonchev–Trinajstić information content (AvgIpc) is 2.45. The average molecular weight is 240 g/mol. The molecule has 2 aromatic rings. The molecule has 0 unspecified atom stereocenters. The highest BCUT2D eigenvalue weighted by Crippen LogP contribution is 2.07. The molecule has 1 aromatic carbocycles. The Labute approximate surface area is 110 Å². The van der Waals surface area contributed by atoms with Crippen molar-refractivity contribution in [2.45, 2.75) is 39.0 Å². The van der Waals surface area contributed by atoms with Gasteiger partial charge in [0.05, 0.1) is 0 Å². The van der Waals surface area contributed by atoms with Crippen molar-refractivity contribution in [2.75, 3.05) is 0 Å². The van der Waals surface area contributed by atoms with E-state index >= 15 is 0 Å². The molecule has 94 valence electrons. The van der Waals surface area contributed by atoms with Crippen molar-refractivity contribution < 1.29 is 4.57 Å². The maximum Gasteiger partial charge on any atom is 0.210 e. The number of hydrogen-bond acceptors (Lipinski definition) is 0. The van der Waals surface area contributed by atoms with Gasteiger partial charge in [-0.05, 0) is 18.9 Å². The van der Waals surface area contributed by atoms with Gasteiger partial charge in [0.15, 0.2) is 12.4 Å². The minimum atomic E-state index is 1.19. The van der Waals surface area contributed by atoms with Gasteiger partial charge < -0.3 is 0 Å². The summed E-state index contributed by atoms with van der Waals surface area (Å²) in [5, 5.41) is 0. The summed E-state index contributed by atoms with van der Waals surface area (Å²) in [6.07, 6.45) is 10.9. The molecule has 0 spiro atoms. The molecule has 0 amide bonds. The molecule has 0 atom stereocenters. The predicted octanol–water partition coefficient (Wildman–Crippen LogP) is 4.09. The molecule has 0 bridgehead atoms. The van der Waals surface area contributed by atoms with Crippen LogP contribution >= 0.6 is 0 Å². The van der Waals surface area contributed by atoms with Crippen molar-refractivity contribution in [1.29, 1.82) is 0 Å². The van der Waals surface area contributed by atoms with Gasteiger partial charge in [-0.1, -0.05) is 44.4 Å². The number of para-hydroxylation sites is 1. The molecule has 1 aromatic heterocycles. The quantitative estimate of drug-likeness (QED) is 0.529. The van der Waals surface area contributed by atoms with Crippen LogP contribution in [0.5, 0.6) is 0 Å². The van der Waals surface area contributed by atoms with E-state index in [1.165, 1.54) is 43.4 Å². The summed E-state index contributed by atoms with van der Waals surface area (Å²) in [4.78, 5) is 0. The SMILES string of the molecule is CCCCCCc1ccc[n+](-c2ccccc2)c1. The van der Waals surface area contributed by atoms with E-state index in [1.54, 1.807) is 0 Å². The lowest BCUT2D eigenvalue weighted by atomic mass is 10.1. The molecule has 0 aliphatic heterocycles. The van der Waals surface area contributed by atoms with Crippen LogP contribution in [0.1, 0.15) is 38.2 Å². The van der Waals surface area contributed by atoms with Crippen molar-refractivity contribution in [1.82, 2.24) is 0 Å². The van der Waals surface area contributed by atoms with Gasteiger partial charge in [-0.25, -0.2) is 0 Å². The Morgan fingerprint density at radius 2 is 1.72 bits per heavy atom. The maximum absolute atomic E-state index is 2.26. The van der Waals surface area contributed by atoms with Gasteiger partial charge in [0.2, 0.25) is 5.69 Å². The van der Waals surface area contributed by atoms with Crippen molar-refractivity contribution in [3.63, 3.8) is 0 Å². The largest absolute Gasteiger partial charge is 0.210 e. The number of nitrogens with zero attached hydrogens (tertiary/aromatic N) is 1. The van der Waals surface area contributed by atoms with E-state index < -0.39 is 0 Å². The number of pyridine rings is 1. The zero-order chi connectivity index (χ0) is 12.6. The fourth-order valence-electron chi connectivity index (χ4n) is 2.19. The third-order valence-corrected chi connectivity index (χ3v) is 3.24. The number of benzene rings is 1. The summed E-state index contributed by atoms with van der Waals surface area (Å²) in [6.45, 7) is 2.26. The van der Waals surface area contributed by atoms with Gasteiger partial charge in [-0.3, -0.25) is 0 Å². The molecule has 0 aliphatic carbocycles. The molecule has 1 heteroatoms. The Morgan fingerprint density at radius 1 is 0.889 bits per heavy atom. The Balaban J connectivity index is 2.02. The number of rotatable bonds is 6. The van der Waals surface area contributed by atoms with Crippen molar-refractivity contribution >= 4 is 0 Å². The first-order valence-corrected chi connectivity index (χ1v) is 6.96. The van der Waals surface area contributed by atoms with E-state index in [1.807, 2.05) is 0 Å². The van der Waals surface area contributed by atoms with Gasteiger partial charge in [0.1, 0.15) is 0 Å². The Morgan fingerprint density at radius 3 is 2.50 bits per heavy atom. The van der Waals surface area contributed by atoms with Crippen LogP contribution in [0.2, 0.25) is 0 Å². The third-order valence-electron chi connectivity index (χ3n) is 3.24. The summed E-state index contributed by atoms with van der Waals surface area (Å²) in [5.74, 6) is 0. The molecule has 2 rings (SSSR count). The highest BCUT2D eigenvalue weighted by molar-refractivity contribution is 5.22. The molecule has 0 N–H and O–H groups in total. The predicted molar refractivity (Wildman–Crippen MR) is 75.8 cm³/mol. The molecule has 0 saturated heterocycles. The lowest BCUT2D eigenvalue weighted by Crippen LogP contribution is -2.29. The van der Waals surface area contributed by atoms with E-state index in [0.29, 0.717) is 0 Å². The zero-order valence-electron chi connectivity index (χ0n) is 11.2. The maximum atomic E-state index is 2.26. The smallest absolute Gasteiger partial charge is 0.167 e. The van der Waals surface area contributed by atoms with Crippen molar-refractivity contribution in [3.05, 3.63) is 60.4 Å². The third kappa shape index (κ3) is 3.69. The molecular formula is C17H22N+. The highest BCUT2D eigenvalue weighted by atomic mass is 14.9. The highest BCUT2D eigenvalue weighted by Gasteiger charge is 2.05. The van der Waals surface area contributed by atoms with Crippen LogP contribution < -0.4 is 4.57 Å². The minimum absolute atomic E-state index is 1.19. The molecule has 0 aliphatic rings. The van der Waals surface area contributed by atoms with Crippen LogP contribution in [0.3, 0.4) is 0 Å². The number of hydrogen-bond donors (Lipinski definition) is 0. The van der Waals surface area contributed by atoms with Crippen LogP contribution in [0.25, 0.3) is 5.69 Å².